The van der Waals surface area contributed by atoms with E-state index in [4.69, 9.17) is 4.52 Å². The molecule has 5 heteroatoms. The van der Waals surface area contributed by atoms with Crippen molar-refractivity contribution in [3.05, 3.63) is 52.4 Å². The maximum absolute atomic E-state index is 12.5. The number of fused-ring (bicyclic) bond motifs is 2. The number of aliphatic hydroxyl groups excluding tert-OH is 1. The lowest BCUT2D eigenvalue weighted by molar-refractivity contribution is 0.0848. The molecule has 2 aromatic rings. The largest absolute Gasteiger partial charge is 0.390 e. The van der Waals surface area contributed by atoms with Crippen molar-refractivity contribution in [3.8, 4) is 0 Å². The van der Waals surface area contributed by atoms with Crippen LogP contribution in [0.2, 0.25) is 0 Å². The van der Waals surface area contributed by atoms with E-state index in [1.54, 1.807) is 0 Å². The molecule has 0 unspecified atom stereocenters. The summed E-state index contributed by atoms with van der Waals surface area (Å²) in [6.07, 6.45) is 3.80. The van der Waals surface area contributed by atoms with Gasteiger partial charge in [-0.1, -0.05) is 29.4 Å². The van der Waals surface area contributed by atoms with E-state index < -0.39 is 6.10 Å². The van der Waals surface area contributed by atoms with Gasteiger partial charge in [-0.2, -0.15) is 0 Å². The van der Waals surface area contributed by atoms with Crippen molar-refractivity contribution in [1.82, 2.24) is 10.5 Å². The molecule has 22 heavy (non-hydrogen) atoms. The number of carbonyl (C=O) groups excluding carboxylic acids is 1. The number of aliphatic hydroxyl groups is 1. The van der Waals surface area contributed by atoms with Crippen LogP contribution in [0.5, 0.6) is 0 Å². The highest BCUT2D eigenvalue weighted by Crippen LogP contribution is 2.32. The van der Waals surface area contributed by atoms with Gasteiger partial charge in [0.25, 0.3) is 5.91 Å². The van der Waals surface area contributed by atoms with Crippen LogP contribution in [-0.4, -0.2) is 22.3 Å². The van der Waals surface area contributed by atoms with Gasteiger partial charge < -0.3 is 14.9 Å². The average Bonchev–Trinajstić information content (AvgIpc) is 3.09. The zero-order valence-corrected chi connectivity index (χ0v) is 12.2. The summed E-state index contributed by atoms with van der Waals surface area (Å²) in [4.78, 5) is 12.5. The molecule has 2 aliphatic rings. The summed E-state index contributed by atoms with van der Waals surface area (Å²) in [7, 11) is 0. The maximum Gasteiger partial charge on any atom is 0.274 e. The van der Waals surface area contributed by atoms with Gasteiger partial charge >= 0.3 is 0 Å². The van der Waals surface area contributed by atoms with E-state index >= 15 is 0 Å². The molecule has 1 aromatic carbocycles. The molecule has 0 radical (unpaired) electrons. The summed E-state index contributed by atoms with van der Waals surface area (Å²) in [5, 5.41) is 17.1. The molecule has 2 N–H and O–H groups in total. The standard InChI is InChI=1S/C17H18N2O3/c20-13-9-10-5-1-2-6-11(10)15(13)18-17(21)16-12-7-3-4-8-14(12)22-19-16/h1-2,5-6,13,15,20H,3-4,7-9H2,(H,18,21)/t13-,15+/m1/s1. The molecular weight excluding hydrogens is 280 g/mol. The van der Waals surface area contributed by atoms with Gasteiger partial charge in [0.05, 0.1) is 12.1 Å². The minimum atomic E-state index is -0.593. The summed E-state index contributed by atoms with van der Waals surface area (Å²) >= 11 is 0. The van der Waals surface area contributed by atoms with Gasteiger partial charge in [-0.15, -0.1) is 0 Å². The number of amides is 1. The Kier molecular flexibility index (Phi) is 3.22. The molecule has 2 aliphatic carbocycles. The fourth-order valence-electron chi connectivity index (χ4n) is 3.52. The first-order valence-electron chi connectivity index (χ1n) is 7.78. The van der Waals surface area contributed by atoms with E-state index in [2.05, 4.69) is 10.5 Å². The zero-order valence-electron chi connectivity index (χ0n) is 12.2. The predicted molar refractivity (Wildman–Crippen MR) is 79.5 cm³/mol. The van der Waals surface area contributed by atoms with E-state index in [9.17, 15) is 9.90 Å². The van der Waals surface area contributed by atoms with E-state index in [-0.39, 0.29) is 11.9 Å². The molecule has 2 atom stereocenters. The Morgan fingerprint density at radius 3 is 3.00 bits per heavy atom. The number of rotatable bonds is 2. The Bertz CT molecular complexity index is 722. The smallest absolute Gasteiger partial charge is 0.274 e. The van der Waals surface area contributed by atoms with Crippen LogP contribution in [0.25, 0.3) is 0 Å². The first-order valence-corrected chi connectivity index (χ1v) is 7.78. The zero-order chi connectivity index (χ0) is 15.1. The fourth-order valence-corrected chi connectivity index (χ4v) is 3.52. The second kappa shape index (κ2) is 5.25. The van der Waals surface area contributed by atoms with Gasteiger partial charge in [0, 0.05) is 18.4 Å². The number of nitrogens with zero attached hydrogens (tertiary/aromatic N) is 1. The Hall–Kier alpha value is -2.14. The molecule has 1 amide bonds. The molecule has 0 saturated carbocycles. The highest BCUT2D eigenvalue weighted by atomic mass is 16.5. The third kappa shape index (κ3) is 2.13. The molecule has 114 valence electrons. The van der Waals surface area contributed by atoms with E-state index in [1.165, 1.54) is 0 Å². The SMILES string of the molecule is O=C(N[C@H]1c2ccccc2C[C@H]1O)c1noc2c1CCCC2. The van der Waals surface area contributed by atoms with Crippen molar-refractivity contribution in [2.24, 2.45) is 0 Å². The van der Waals surface area contributed by atoms with Gasteiger partial charge in [-0.25, -0.2) is 0 Å². The second-order valence-electron chi connectivity index (χ2n) is 6.06. The second-order valence-corrected chi connectivity index (χ2v) is 6.06. The predicted octanol–water partition coefficient (Wildman–Crippen LogP) is 1.94. The van der Waals surface area contributed by atoms with Crippen LogP contribution in [-0.2, 0) is 19.3 Å². The number of benzene rings is 1. The number of hydrogen-bond acceptors (Lipinski definition) is 4. The van der Waals surface area contributed by atoms with Crippen LogP contribution in [0.15, 0.2) is 28.8 Å². The van der Waals surface area contributed by atoms with Gasteiger partial charge in [0.2, 0.25) is 0 Å². The highest BCUT2D eigenvalue weighted by molar-refractivity contribution is 5.94. The Morgan fingerprint density at radius 1 is 1.27 bits per heavy atom. The lowest BCUT2D eigenvalue weighted by atomic mass is 9.96. The quantitative estimate of drug-likeness (QED) is 0.888. The Labute approximate surface area is 128 Å². The number of hydrogen-bond donors (Lipinski definition) is 2. The molecule has 1 heterocycles. The van der Waals surface area contributed by atoms with Crippen LogP contribution in [0.1, 0.15) is 51.8 Å². The van der Waals surface area contributed by atoms with Crippen LogP contribution < -0.4 is 5.32 Å². The minimum Gasteiger partial charge on any atom is -0.390 e. The first-order chi connectivity index (χ1) is 10.7. The molecule has 0 aliphatic heterocycles. The number of aryl methyl sites for hydroxylation is 1. The molecular formula is C17H18N2O3. The summed E-state index contributed by atoms with van der Waals surface area (Å²) in [6.45, 7) is 0. The van der Waals surface area contributed by atoms with E-state index in [0.29, 0.717) is 12.1 Å². The van der Waals surface area contributed by atoms with E-state index in [1.807, 2.05) is 24.3 Å². The van der Waals surface area contributed by atoms with Crippen molar-refractivity contribution in [2.75, 3.05) is 0 Å². The van der Waals surface area contributed by atoms with Crippen molar-refractivity contribution in [2.45, 2.75) is 44.2 Å². The van der Waals surface area contributed by atoms with Crippen LogP contribution in [0.4, 0.5) is 0 Å². The normalized spacial score (nSPS) is 23.0. The number of carbonyl (C=O) groups is 1. The monoisotopic (exact) mass is 298 g/mol. The fraction of sp³-hybridized carbons (Fsp3) is 0.412. The number of aromatic nitrogens is 1. The average molecular weight is 298 g/mol. The van der Waals surface area contributed by atoms with Gasteiger partial charge in [0.15, 0.2) is 5.69 Å². The molecule has 0 saturated heterocycles. The Morgan fingerprint density at radius 2 is 2.09 bits per heavy atom. The van der Waals surface area contributed by atoms with Crippen molar-refractivity contribution >= 4 is 5.91 Å². The lowest BCUT2D eigenvalue weighted by Gasteiger charge is -2.17. The summed E-state index contributed by atoms with van der Waals surface area (Å²) in [5.74, 6) is 0.580. The Balaban J connectivity index is 1.59. The molecule has 0 fully saturated rings. The van der Waals surface area contributed by atoms with Crippen molar-refractivity contribution in [3.63, 3.8) is 0 Å². The molecule has 5 nitrogen and oxygen atoms in total. The summed E-state index contributed by atoms with van der Waals surface area (Å²) in [6, 6.07) is 7.44. The lowest BCUT2D eigenvalue weighted by Crippen LogP contribution is -2.34. The third-order valence-electron chi connectivity index (χ3n) is 4.66. The molecule has 0 bridgehead atoms. The highest BCUT2D eigenvalue weighted by Gasteiger charge is 2.33. The van der Waals surface area contributed by atoms with Crippen molar-refractivity contribution < 1.29 is 14.4 Å². The van der Waals surface area contributed by atoms with E-state index in [0.717, 1.165) is 48.1 Å². The van der Waals surface area contributed by atoms with Crippen LogP contribution in [0.3, 0.4) is 0 Å². The molecule has 0 spiro atoms. The molecule has 4 rings (SSSR count). The van der Waals surface area contributed by atoms with Gasteiger partial charge in [0.1, 0.15) is 5.76 Å². The topological polar surface area (TPSA) is 75.4 Å². The molecule has 1 aromatic heterocycles. The maximum atomic E-state index is 12.5. The third-order valence-corrected chi connectivity index (χ3v) is 4.66. The van der Waals surface area contributed by atoms with Crippen LogP contribution in [0, 0.1) is 0 Å². The van der Waals surface area contributed by atoms with Crippen LogP contribution >= 0.6 is 0 Å². The van der Waals surface area contributed by atoms with Gasteiger partial charge in [-0.3, -0.25) is 4.79 Å². The summed E-state index contributed by atoms with van der Waals surface area (Å²) in [5.41, 5.74) is 3.39. The van der Waals surface area contributed by atoms with Gasteiger partial charge in [-0.05, 0) is 30.4 Å². The number of nitrogens with one attached hydrogen (secondary N) is 1. The summed E-state index contributed by atoms with van der Waals surface area (Å²) < 4.78 is 5.30. The van der Waals surface area contributed by atoms with Crippen molar-refractivity contribution in [1.29, 1.82) is 0 Å². The first kappa shape index (κ1) is 13.5. The minimum absolute atomic E-state index is 0.257.